The summed E-state index contributed by atoms with van der Waals surface area (Å²) >= 11 is 2.07. The van der Waals surface area contributed by atoms with Gasteiger partial charge in [-0.2, -0.15) is 0 Å². The fourth-order valence-electron chi connectivity index (χ4n) is 1.18. The quantitative estimate of drug-likeness (QED) is 0.434. The second-order valence-corrected chi connectivity index (χ2v) is 4.73. The van der Waals surface area contributed by atoms with Crippen LogP contribution in [0.25, 0.3) is 0 Å². The number of ether oxygens (including phenoxy) is 1. The minimum Gasteiger partial charge on any atom is -0.478 e. The summed E-state index contributed by atoms with van der Waals surface area (Å²) in [6.45, 7) is 1.81. The maximum absolute atomic E-state index is 10.6. The molecule has 0 heterocycles. The van der Waals surface area contributed by atoms with Gasteiger partial charge in [-0.05, 0) is 24.1 Å². The predicted molar refractivity (Wildman–Crippen MR) is 75.2 cm³/mol. The Kier molecular flexibility index (Phi) is 7.58. The zero-order valence-corrected chi connectivity index (χ0v) is 12.1. The summed E-state index contributed by atoms with van der Waals surface area (Å²) in [4.78, 5) is 10.6. The summed E-state index contributed by atoms with van der Waals surface area (Å²) in [5, 5.41) is 8.72. The fraction of sp³-hybridized carbons (Fsp3) is 0.364. The van der Waals surface area contributed by atoms with Gasteiger partial charge in [0.25, 0.3) is 0 Å². The van der Waals surface area contributed by atoms with E-state index in [0.717, 1.165) is 12.0 Å². The number of aromatic carboxylic acids is 1. The van der Waals surface area contributed by atoms with Crippen molar-refractivity contribution in [1.82, 2.24) is 0 Å². The largest absolute Gasteiger partial charge is 0.478 e. The molecule has 94 valence electrons. The Morgan fingerprint density at radius 3 is 2.59 bits per heavy atom. The maximum Gasteiger partial charge on any atom is 0.335 e. The Bertz CT molecular complexity index is 342. The molecule has 0 fully saturated rings. The van der Waals surface area contributed by atoms with Crippen molar-refractivity contribution < 1.29 is 18.8 Å². The molecule has 0 atom stereocenters. The summed E-state index contributed by atoms with van der Waals surface area (Å²) in [6.07, 6.45) is 0.850. The van der Waals surface area contributed by atoms with Gasteiger partial charge >= 0.3 is 5.97 Å². The summed E-state index contributed by atoms with van der Waals surface area (Å²) in [7, 11) is 1.32. The first-order chi connectivity index (χ1) is 8.24. The van der Waals surface area contributed by atoms with Crippen LogP contribution in [0, 0.1) is 0 Å². The van der Waals surface area contributed by atoms with Crippen LogP contribution in [-0.4, -0.2) is 24.3 Å². The van der Waals surface area contributed by atoms with Crippen molar-refractivity contribution in [2.45, 2.75) is 13.0 Å². The van der Waals surface area contributed by atoms with Crippen LogP contribution in [0.4, 0.5) is 0 Å². The van der Waals surface area contributed by atoms with E-state index in [2.05, 4.69) is 21.2 Å². The molecule has 0 aliphatic heterocycles. The molecule has 4 nitrogen and oxygen atoms in total. The van der Waals surface area contributed by atoms with Crippen LogP contribution < -0.4 is 0 Å². The van der Waals surface area contributed by atoms with Crippen LogP contribution in [0.3, 0.4) is 0 Å². The molecule has 0 aromatic heterocycles. The lowest BCUT2D eigenvalue weighted by molar-refractivity contribution is 0.0696. The van der Waals surface area contributed by atoms with E-state index in [-0.39, 0.29) is 0 Å². The number of hydrogen-bond donors (Lipinski definition) is 1. The van der Waals surface area contributed by atoms with Crippen molar-refractivity contribution in [3.8, 4) is 0 Å². The van der Waals surface area contributed by atoms with Crippen molar-refractivity contribution in [2.75, 3.05) is 13.2 Å². The minimum atomic E-state index is -0.911. The molecular weight excluding hydrogens is 355 g/mol. The highest BCUT2D eigenvalue weighted by Gasteiger charge is 2.01. The van der Waals surface area contributed by atoms with E-state index in [9.17, 15) is 4.79 Å². The number of hydrogen-bond acceptors (Lipinski definition) is 4. The van der Waals surface area contributed by atoms with Crippen molar-refractivity contribution in [1.29, 1.82) is 0 Å². The molecule has 0 spiro atoms. The van der Waals surface area contributed by atoms with Gasteiger partial charge in [0.2, 0.25) is 0 Å². The summed E-state index contributed by atoms with van der Waals surface area (Å²) < 4.78 is 10.5. The van der Waals surface area contributed by atoms with Crippen LogP contribution in [0.2, 0.25) is 0 Å². The average molecular weight is 368 g/mol. The van der Waals surface area contributed by atoms with Crippen molar-refractivity contribution in [3.05, 3.63) is 35.4 Å². The monoisotopic (exact) mass is 368 g/mol. The number of halogens is 1. The van der Waals surface area contributed by atoms with Gasteiger partial charge < -0.3 is 14.0 Å². The molecule has 17 heavy (non-hydrogen) atoms. The van der Waals surface area contributed by atoms with E-state index in [0.29, 0.717) is 25.4 Å². The smallest absolute Gasteiger partial charge is 0.335 e. The summed E-state index contributed by atoms with van der Waals surface area (Å²) in [5.74, 6) is -0.911. The third-order valence-corrected chi connectivity index (χ3v) is 3.05. The molecular formula is C11H13IO4S. The lowest BCUT2D eigenvalue weighted by Crippen LogP contribution is -2.00. The number of rotatable bonds is 8. The molecule has 1 rings (SSSR count). The first-order valence-electron chi connectivity index (χ1n) is 5.04. The number of benzene rings is 1. The van der Waals surface area contributed by atoms with E-state index in [1.54, 1.807) is 24.3 Å². The second-order valence-electron chi connectivity index (χ2n) is 3.29. The Labute approximate surface area is 116 Å². The zero-order chi connectivity index (χ0) is 12.5. The third kappa shape index (κ3) is 6.25. The van der Waals surface area contributed by atoms with Crippen molar-refractivity contribution >= 4 is 36.4 Å². The lowest BCUT2D eigenvalue weighted by atomic mass is 10.1. The molecule has 1 aromatic carbocycles. The Morgan fingerprint density at radius 2 is 2.00 bits per heavy atom. The number of carbonyl (C=O) groups is 1. The first kappa shape index (κ1) is 14.7. The zero-order valence-electron chi connectivity index (χ0n) is 9.10. The molecule has 0 radical (unpaired) electrons. The topological polar surface area (TPSA) is 55.8 Å². The normalized spacial score (nSPS) is 10.4. The Hall–Kier alpha value is -0.310. The van der Waals surface area contributed by atoms with Crippen molar-refractivity contribution in [3.63, 3.8) is 0 Å². The molecule has 0 aliphatic rings. The Morgan fingerprint density at radius 1 is 1.29 bits per heavy atom. The molecule has 0 aliphatic carbocycles. The van der Waals surface area contributed by atoms with Crippen LogP contribution in [-0.2, 0) is 15.5 Å². The SMILES string of the molecule is O=C(O)c1ccc(COCCCOSI)cc1. The highest BCUT2D eigenvalue weighted by atomic mass is 127. The maximum atomic E-state index is 10.6. The van der Waals surface area contributed by atoms with E-state index in [4.69, 9.17) is 14.0 Å². The Balaban J connectivity index is 2.21. The lowest BCUT2D eigenvalue weighted by Gasteiger charge is -2.04. The average Bonchev–Trinajstić information content (AvgIpc) is 2.34. The van der Waals surface area contributed by atoms with E-state index >= 15 is 0 Å². The molecule has 0 bridgehead atoms. The minimum absolute atomic E-state index is 0.293. The second kappa shape index (κ2) is 8.73. The summed E-state index contributed by atoms with van der Waals surface area (Å²) in [5.41, 5.74) is 1.26. The van der Waals surface area contributed by atoms with Gasteiger partial charge in [-0.15, -0.1) is 0 Å². The molecule has 0 unspecified atom stereocenters. The predicted octanol–water partition coefficient (Wildman–Crippen LogP) is 3.31. The first-order valence-corrected chi connectivity index (χ1v) is 8.32. The third-order valence-electron chi connectivity index (χ3n) is 2.03. The molecule has 0 saturated heterocycles. The molecule has 6 heteroatoms. The van der Waals surface area contributed by atoms with Crippen LogP contribution >= 0.6 is 30.4 Å². The van der Waals surface area contributed by atoms with Gasteiger partial charge in [0, 0.05) is 27.8 Å². The van der Waals surface area contributed by atoms with Crippen LogP contribution in [0.15, 0.2) is 24.3 Å². The highest BCUT2D eigenvalue weighted by molar-refractivity contribution is 14.2. The van der Waals surface area contributed by atoms with Crippen LogP contribution in [0.5, 0.6) is 0 Å². The molecule has 0 amide bonds. The van der Waals surface area contributed by atoms with Crippen molar-refractivity contribution in [2.24, 2.45) is 0 Å². The highest BCUT2D eigenvalue weighted by Crippen LogP contribution is 2.12. The molecule has 1 aromatic rings. The number of carboxylic acid groups (broad SMARTS) is 1. The van der Waals surface area contributed by atoms with E-state index < -0.39 is 5.97 Å². The van der Waals surface area contributed by atoms with E-state index in [1.165, 1.54) is 9.21 Å². The summed E-state index contributed by atoms with van der Waals surface area (Å²) in [6, 6.07) is 6.69. The van der Waals surface area contributed by atoms with Gasteiger partial charge in [-0.1, -0.05) is 12.1 Å². The molecule has 1 N–H and O–H groups in total. The molecule has 0 saturated carbocycles. The fourth-order valence-corrected chi connectivity index (χ4v) is 1.91. The van der Waals surface area contributed by atoms with Gasteiger partial charge in [-0.3, -0.25) is 0 Å². The van der Waals surface area contributed by atoms with E-state index in [1.807, 2.05) is 0 Å². The van der Waals surface area contributed by atoms with Gasteiger partial charge in [0.1, 0.15) is 0 Å². The van der Waals surface area contributed by atoms with Crippen LogP contribution in [0.1, 0.15) is 22.3 Å². The van der Waals surface area contributed by atoms with Gasteiger partial charge in [0.05, 0.1) is 28.0 Å². The van der Waals surface area contributed by atoms with Gasteiger partial charge in [0.15, 0.2) is 0 Å². The van der Waals surface area contributed by atoms with Gasteiger partial charge in [-0.25, -0.2) is 4.79 Å². The number of carboxylic acids is 1. The standard InChI is InChI=1S/C11H13IO4S/c12-17-16-7-1-6-15-8-9-2-4-10(5-3-9)11(13)14/h2-5H,1,6-8H2,(H,13,14).